The number of pyridine rings is 1. The average molecular weight is 264 g/mol. The number of aryl methyl sites for hydroxylation is 1. The lowest BCUT2D eigenvalue weighted by molar-refractivity contribution is 0.750. The Morgan fingerprint density at radius 2 is 2.15 bits per heavy atom. The Morgan fingerprint density at radius 3 is 3.00 bits per heavy atom. The first-order chi connectivity index (χ1) is 9.81. The first-order valence-electron chi connectivity index (χ1n) is 6.96. The summed E-state index contributed by atoms with van der Waals surface area (Å²) in [4.78, 5) is 8.78. The maximum Gasteiger partial charge on any atom is 0.207 e. The molecule has 100 valence electrons. The molecule has 4 heteroatoms. The predicted octanol–water partition coefficient (Wildman–Crippen LogP) is 3.82. The SMILES string of the molecule is Cc1cn(C2CC2)c(Nc2cccc3cnccc23)n1. The summed E-state index contributed by atoms with van der Waals surface area (Å²) in [5.74, 6) is 0.939. The summed E-state index contributed by atoms with van der Waals surface area (Å²) >= 11 is 0. The van der Waals surface area contributed by atoms with Crippen LogP contribution in [0.5, 0.6) is 0 Å². The number of imidazole rings is 1. The van der Waals surface area contributed by atoms with Crippen LogP contribution >= 0.6 is 0 Å². The topological polar surface area (TPSA) is 42.7 Å². The van der Waals surface area contributed by atoms with Crippen LogP contribution in [0.15, 0.2) is 42.9 Å². The number of hydrogen-bond acceptors (Lipinski definition) is 3. The second kappa shape index (κ2) is 4.34. The first-order valence-corrected chi connectivity index (χ1v) is 6.96. The molecule has 2 aromatic heterocycles. The van der Waals surface area contributed by atoms with E-state index in [4.69, 9.17) is 0 Å². The van der Waals surface area contributed by atoms with Crippen molar-refractivity contribution in [1.29, 1.82) is 0 Å². The second-order valence-corrected chi connectivity index (χ2v) is 5.37. The van der Waals surface area contributed by atoms with E-state index >= 15 is 0 Å². The van der Waals surface area contributed by atoms with Crippen LogP contribution in [0.1, 0.15) is 24.6 Å². The largest absolute Gasteiger partial charge is 0.325 e. The molecular weight excluding hydrogens is 248 g/mol. The van der Waals surface area contributed by atoms with E-state index in [0.717, 1.165) is 22.7 Å². The maximum atomic E-state index is 4.61. The molecule has 1 aromatic carbocycles. The van der Waals surface area contributed by atoms with Crippen LogP contribution < -0.4 is 5.32 Å². The molecule has 1 fully saturated rings. The third-order valence-corrected chi connectivity index (χ3v) is 3.72. The number of benzene rings is 1. The van der Waals surface area contributed by atoms with Crippen LogP contribution in [0.4, 0.5) is 11.6 Å². The minimum atomic E-state index is 0.621. The molecule has 1 saturated carbocycles. The lowest BCUT2D eigenvalue weighted by Crippen LogP contribution is -2.01. The Hall–Kier alpha value is -2.36. The zero-order chi connectivity index (χ0) is 13.5. The zero-order valence-corrected chi connectivity index (χ0v) is 11.4. The highest BCUT2D eigenvalue weighted by Gasteiger charge is 2.26. The maximum absolute atomic E-state index is 4.61. The van der Waals surface area contributed by atoms with Gasteiger partial charge in [0.05, 0.1) is 5.69 Å². The Morgan fingerprint density at radius 1 is 1.25 bits per heavy atom. The van der Waals surface area contributed by atoms with Gasteiger partial charge in [-0.3, -0.25) is 4.98 Å². The smallest absolute Gasteiger partial charge is 0.207 e. The third-order valence-electron chi connectivity index (χ3n) is 3.72. The summed E-state index contributed by atoms with van der Waals surface area (Å²) in [5.41, 5.74) is 2.14. The van der Waals surface area contributed by atoms with Crippen molar-refractivity contribution in [2.75, 3.05) is 5.32 Å². The van der Waals surface area contributed by atoms with Gasteiger partial charge in [-0.25, -0.2) is 4.98 Å². The van der Waals surface area contributed by atoms with Crippen LogP contribution in [0.25, 0.3) is 10.8 Å². The lowest BCUT2D eigenvalue weighted by atomic mass is 10.1. The summed E-state index contributed by atoms with van der Waals surface area (Å²) in [7, 11) is 0. The zero-order valence-electron chi connectivity index (χ0n) is 11.4. The Kier molecular flexibility index (Phi) is 2.49. The van der Waals surface area contributed by atoms with E-state index in [2.05, 4.69) is 38.2 Å². The van der Waals surface area contributed by atoms with Crippen molar-refractivity contribution in [2.24, 2.45) is 0 Å². The van der Waals surface area contributed by atoms with E-state index < -0.39 is 0 Å². The van der Waals surface area contributed by atoms with Gasteiger partial charge < -0.3 is 9.88 Å². The Balaban J connectivity index is 1.77. The van der Waals surface area contributed by atoms with Crippen molar-refractivity contribution in [3.63, 3.8) is 0 Å². The number of hydrogen-bond donors (Lipinski definition) is 1. The van der Waals surface area contributed by atoms with E-state index in [1.54, 1.807) is 0 Å². The molecule has 0 aliphatic heterocycles. The molecule has 0 atom stereocenters. The van der Waals surface area contributed by atoms with E-state index in [9.17, 15) is 0 Å². The van der Waals surface area contributed by atoms with Gasteiger partial charge in [-0.2, -0.15) is 0 Å². The number of anilines is 2. The molecule has 2 heterocycles. The summed E-state index contributed by atoms with van der Waals surface area (Å²) < 4.78 is 2.26. The van der Waals surface area contributed by atoms with Gasteiger partial charge in [-0.15, -0.1) is 0 Å². The number of rotatable bonds is 3. The monoisotopic (exact) mass is 264 g/mol. The predicted molar refractivity (Wildman–Crippen MR) is 80.3 cm³/mol. The second-order valence-electron chi connectivity index (χ2n) is 5.37. The minimum Gasteiger partial charge on any atom is -0.325 e. The highest BCUT2D eigenvalue weighted by atomic mass is 15.2. The number of fused-ring (bicyclic) bond motifs is 1. The molecule has 0 bridgehead atoms. The van der Waals surface area contributed by atoms with Crippen LogP contribution in [0, 0.1) is 6.92 Å². The molecule has 0 unspecified atom stereocenters. The lowest BCUT2D eigenvalue weighted by Gasteiger charge is -2.10. The van der Waals surface area contributed by atoms with E-state index in [1.807, 2.05) is 31.5 Å². The van der Waals surface area contributed by atoms with Gasteiger partial charge in [0, 0.05) is 41.1 Å². The molecule has 20 heavy (non-hydrogen) atoms. The van der Waals surface area contributed by atoms with Gasteiger partial charge >= 0.3 is 0 Å². The number of nitrogens with one attached hydrogen (secondary N) is 1. The third kappa shape index (κ3) is 1.93. The van der Waals surface area contributed by atoms with Crippen LogP contribution in [0.2, 0.25) is 0 Å². The van der Waals surface area contributed by atoms with Gasteiger partial charge in [0.2, 0.25) is 5.95 Å². The van der Waals surface area contributed by atoms with Crippen molar-refractivity contribution in [2.45, 2.75) is 25.8 Å². The van der Waals surface area contributed by atoms with Gasteiger partial charge in [0.1, 0.15) is 0 Å². The average Bonchev–Trinajstić information content (AvgIpc) is 3.24. The van der Waals surface area contributed by atoms with Crippen LogP contribution in [-0.2, 0) is 0 Å². The Labute approximate surface area is 117 Å². The molecule has 1 aliphatic carbocycles. The summed E-state index contributed by atoms with van der Waals surface area (Å²) in [6, 6.07) is 8.86. The molecule has 0 radical (unpaired) electrons. The van der Waals surface area contributed by atoms with Crippen molar-refractivity contribution < 1.29 is 0 Å². The fourth-order valence-electron chi connectivity index (χ4n) is 2.59. The highest BCUT2D eigenvalue weighted by Crippen LogP contribution is 2.38. The number of nitrogens with zero attached hydrogens (tertiary/aromatic N) is 3. The molecule has 1 N–H and O–H groups in total. The van der Waals surface area contributed by atoms with E-state index in [1.165, 1.54) is 18.2 Å². The van der Waals surface area contributed by atoms with Gasteiger partial charge in [-0.1, -0.05) is 12.1 Å². The fraction of sp³-hybridized carbons (Fsp3) is 0.250. The van der Waals surface area contributed by atoms with Gasteiger partial charge in [0.25, 0.3) is 0 Å². The van der Waals surface area contributed by atoms with Crippen LogP contribution in [-0.4, -0.2) is 14.5 Å². The van der Waals surface area contributed by atoms with Crippen molar-refractivity contribution in [3.8, 4) is 0 Å². The first kappa shape index (κ1) is 11.5. The normalized spacial score (nSPS) is 14.7. The standard InChI is InChI=1S/C16H16N4/c1-11-10-20(13-5-6-13)16(18-11)19-15-4-2-3-12-9-17-8-7-14(12)15/h2-4,7-10,13H,5-6H2,1H3,(H,18,19). The molecule has 0 amide bonds. The molecule has 3 aromatic rings. The quantitative estimate of drug-likeness (QED) is 0.782. The number of aromatic nitrogens is 3. The minimum absolute atomic E-state index is 0.621. The molecule has 4 nitrogen and oxygen atoms in total. The molecule has 0 saturated heterocycles. The van der Waals surface area contributed by atoms with Gasteiger partial charge in [0.15, 0.2) is 0 Å². The molecular formula is C16H16N4. The summed E-state index contributed by atoms with van der Waals surface area (Å²) in [5, 5.41) is 5.79. The van der Waals surface area contributed by atoms with Crippen LogP contribution in [0.3, 0.4) is 0 Å². The van der Waals surface area contributed by atoms with Crippen molar-refractivity contribution in [3.05, 3.63) is 48.5 Å². The van der Waals surface area contributed by atoms with Crippen molar-refractivity contribution >= 4 is 22.4 Å². The molecule has 0 spiro atoms. The van der Waals surface area contributed by atoms with Crippen molar-refractivity contribution in [1.82, 2.24) is 14.5 Å². The van der Waals surface area contributed by atoms with Gasteiger partial charge in [-0.05, 0) is 31.9 Å². The fourth-order valence-corrected chi connectivity index (χ4v) is 2.59. The molecule has 4 rings (SSSR count). The molecule has 1 aliphatic rings. The highest BCUT2D eigenvalue weighted by molar-refractivity contribution is 5.94. The van der Waals surface area contributed by atoms with E-state index in [-0.39, 0.29) is 0 Å². The Bertz CT molecular complexity index is 766. The summed E-state index contributed by atoms with van der Waals surface area (Å²) in [6.07, 6.45) is 8.35. The summed E-state index contributed by atoms with van der Waals surface area (Å²) in [6.45, 7) is 2.04. The van der Waals surface area contributed by atoms with E-state index in [0.29, 0.717) is 6.04 Å².